The summed E-state index contributed by atoms with van der Waals surface area (Å²) in [5, 5.41) is 3.89. The molecule has 0 aliphatic rings. The molecule has 0 aliphatic carbocycles. The normalized spacial score (nSPS) is 10.7. The summed E-state index contributed by atoms with van der Waals surface area (Å²) in [6.07, 6.45) is 1.42. The second-order valence-electron chi connectivity index (χ2n) is 3.96. The van der Waals surface area contributed by atoms with Gasteiger partial charge in [0, 0.05) is 11.5 Å². The Balaban J connectivity index is 2.45. The minimum absolute atomic E-state index is 0.0538. The Hall–Kier alpha value is -1.90. The number of hydrogen-bond donors (Lipinski definition) is 0. The van der Waals surface area contributed by atoms with Crippen LogP contribution in [0.1, 0.15) is 24.2 Å². The van der Waals surface area contributed by atoms with Crippen LogP contribution in [-0.4, -0.2) is 10.9 Å². The summed E-state index contributed by atoms with van der Waals surface area (Å²) in [5.41, 5.74) is 2.08. The predicted octanol–water partition coefficient (Wildman–Crippen LogP) is 3.18. The van der Waals surface area contributed by atoms with Crippen LogP contribution in [0.15, 0.2) is 41.1 Å². The highest BCUT2D eigenvalue weighted by molar-refractivity contribution is 6.02. The van der Waals surface area contributed by atoms with E-state index in [1.165, 1.54) is 6.26 Å². The molecule has 0 bridgehead atoms. The Kier molecular flexibility index (Phi) is 2.86. The van der Waals surface area contributed by atoms with Crippen molar-refractivity contribution in [2.45, 2.75) is 13.8 Å². The molecule has 1 heterocycles. The summed E-state index contributed by atoms with van der Waals surface area (Å²) in [7, 11) is 0. The fraction of sp³-hybridized carbons (Fsp3) is 0.231. The van der Waals surface area contributed by atoms with Crippen molar-refractivity contribution in [1.82, 2.24) is 5.16 Å². The van der Waals surface area contributed by atoms with Gasteiger partial charge in [-0.25, -0.2) is 0 Å². The smallest absolute Gasteiger partial charge is 0.170 e. The summed E-state index contributed by atoms with van der Waals surface area (Å²) < 4.78 is 4.90. The molecule has 2 rings (SSSR count). The number of carbonyl (C=O) groups excluding carboxylic acids is 1. The molecule has 0 atom stereocenters. The van der Waals surface area contributed by atoms with Gasteiger partial charge < -0.3 is 4.52 Å². The maximum absolute atomic E-state index is 11.9. The highest BCUT2D eigenvalue weighted by atomic mass is 16.5. The lowest BCUT2D eigenvalue weighted by atomic mass is 9.99. The van der Waals surface area contributed by atoms with Crippen molar-refractivity contribution < 1.29 is 9.32 Å². The van der Waals surface area contributed by atoms with Crippen LogP contribution in [-0.2, 0) is 0 Å². The van der Waals surface area contributed by atoms with Crippen LogP contribution < -0.4 is 0 Å². The van der Waals surface area contributed by atoms with Crippen LogP contribution in [0, 0.1) is 5.92 Å². The zero-order valence-corrected chi connectivity index (χ0v) is 9.31. The van der Waals surface area contributed by atoms with Gasteiger partial charge >= 0.3 is 0 Å². The van der Waals surface area contributed by atoms with Crippen molar-refractivity contribution in [2.75, 3.05) is 0 Å². The highest BCUT2D eigenvalue weighted by Gasteiger charge is 2.19. The lowest BCUT2D eigenvalue weighted by molar-refractivity contribution is 0.0939. The molecule has 2 aromatic rings. The van der Waals surface area contributed by atoms with Gasteiger partial charge in [0.15, 0.2) is 5.78 Å². The number of hydrogen-bond acceptors (Lipinski definition) is 3. The molecule has 0 spiro atoms. The molecule has 3 nitrogen and oxygen atoms in total. The van der Waals surface area contributed by atoms with Crippen molar-refractivity contribution in [3.05, 3.63) is 42.2 Å². The average molecular weight is 215 g/mol. The molecule has 82 valence electrons. The van der Waals surface area contributed by atoms with E-state index in [1.54, 1.807) is 0 Å². The highest BCUT2D eigenvalue weighted by Crippen LogP contribution is 2.23. The molecule has 0 N–H and O–H groups in total. The topological polar surface area (TPSA) is 43.1 Å². The summed E-state index contributed by atoms with van der Waals surface area (Å²) in [5.74, 6) is 0.00182. The van der Waals surface area contributed by atoms with Crippen molar-refractivity contribution in [3.8, 4) is 11.3 Å². The van der Waals surface area contributed by atoms with E-state index < -0.39 is 0 Å². The minimum atomic E-state index is -0.0538. The second kappa shape index (κ2) is 4.31. The molecule has 0 amide bonds. The van der Waals surface area contributed by atoms with Gasteiger partial charge in [0.1, 0.15) is 12.0 Å². The standard InChI is InChI=1S/C13H13NO2/c1-9(2)13(15)11-8-16-14-12(11)10-6-4-3-5-7-10/h3-9H,1-2H3. The number of Topliss-reactive ketones (excluding diaryl/α,β-unsaturated/α-hetero) is 1. The van der Waals surface area contributed by atoms with Crippen LogP contribution >= 0.6 is 0 Å². The Morgan fingerprint density at radius 3 is 2.56 bits per heavy atom. The van der Waals surface area contributed by atoms with Gasteiger partial charge in [-0.2, -0.15) is 0 Å². The van der Waals surface area contributed by atoms with Gasteiger partial charge in [0.2, 0.25) is 0 Å². The first-order valence-electron chi connectivity index (χ1n) is 5.24. The quantitative estimate of drug-likeness (QED) is 0.738. The lowest BCUT2D eigenvalue weighted by Crippen LogP contribution is -2.07. The SMILES string of the molecule is CC(C)C(=O)c1conc1-c1ccccc1. The van der Waals surface area contributed by atoms with Gasteiger partial charge in [0.05, 0.1) is 5.56 Å². The van der Waals surface area contributed by atoms with E-state index in [2.05, 4.69) is 5.16 Å². The van der Waals surface area contributed by atoms with Crippen LogP contribution in [0.25, 0.3) is 11.3 Å². The van der Waals surface area contributed by atoms with Gasteiger partial charge in [0.25, 0.3) is 0 Å². The molecule has 1 aromatic carbocycles. The van der Waals surface area contributed by atoms with Gasteiger partial charge in [-0.3, -0.25) is 4.79 Å². The molecule has 1 aromatic heterocycles. The summed E-state index contributed by atoms with van der Waals surface area (Å²) in [6.45, 7) is 3.73. The molecule has 0 unspecified atom stereocenters. The number of aromatic nitrogens is 1. The fourth-order valence-corrected chi connectivity index (χ4v) is 1.53. The Bertz CT molecular complexity index is 486. The minimum Gasteiger partial charge on any atom is -0.363 e. The van der Waals surface area contributed by atoms with Crippen molar-refractivity contribution in [1.29, 1.82) is 0 Å². The van der Waals surface area contributed by atoms with Gasteiger partial charge in [-0.15, -0.1) is 0 Å². The Morgan fingerprint density at radius 2 is 1.94 bits per heavy atom. The molecule has 0 radical (unpaired) electrons. The lowest BCUT2D eigenvalue weighted by Gasteiger charge is -2.02. The molecule has 0 saturated carbocycles. The van der Waals surface area contributed by atoms with Crippen molar-refractivity contribution >= 4 is 5.78 Å². The number of ketones is 1. The maximum atomic E-state index is 11.9. The number of carbonyl (C=O) groups is 1. The van der Waals surface area contributed by atoms with Gasteiger partial charge in [-0.05, 0) is 0 Å². The first-order valence-corrected chi connectivity index (χ1v) is 5.24. The Morgan fingerprint density at radius 1 is 1.25 bits per heavy atom. The first-order chi connectivity index (χ1) is 7.70. The molecule has 3 heteroatoms. The average Bonchev–Trinajstić information content (AvgIpc) is 2.77. The second-order valence-corrected chi connectivity index (χ2v) is 3.96. The molecular weight excluding hydrogens is 202 g/mol. The Labute approximate surface area is 94.1 Å². The van der Waals surface area contributed by atoms with Crippen LogP contribution in [0.5, 0.6) is 0 Å². The van der Waals surface area contributed by atoms with E-state index in [9.17, 15) is 4.79 Å². The molecule has 16 heavy (non-hydrogen) atoms. The molecule has 0 fully saturated rings. The number of rotatable bonds is 3. The van der Waals surface area contributed by atoms with Gasteiger partial charge in [-0.1, -0.05) is 49.3 Å². The van der Waals surface area contributed by atoms with Crippen LogP contribution in [0.2, 0.25) is 0 Å². The summed E-state index contributed by atoms with van der Waals surface area (Å²) >= 11 is 0. The van der Waals surface area contributed by atoms with Crippen LogP contribution in [0.3, 0.4) is 0 Å². The predicted molar refractivity (Wildman–Crippen MR) is 61.1 cm³/mol. The monoisotopic (exact) mass is 215 g/mol. The van der Waals surface area contributed by atoms with Crippen LogP contribution in [0.4, 0.5) is 0 Å². The third-order valence-electron chi connectivity index (χ3n) is 2.41. The van der Waals surface area contributed by atoms with E-state index in [1.807, 2.05) is 44.2 Å². The molecular formula is C13H13NO2. The number of nitrogens with zero attached hydrogens (tertiary/aromatic N) is 1. The van der Waals surface area contributed by atoms with E-state index in [0.717, 1.165) is 5.56 Å². The van der Waals surface area contributed by atoms with E-state index in [4.69, 9.17) is 4.52 Å². The molecule has 0 aliphatic heterocycles. The van der Waals surface area contributed by atoms with E-state index in [-0.39, 0.29) is 11.7 Å². The first kappa shape index (κ1) is 10.6. The maximum Gasteiger partial charge on any atom is 0.170 e. The zero-order chi connectivity index (χ0) is 11.5. The zero-order valence-electron chi connectivity index (χ0n) is 9.31. The van der Waals surface area contributed by atoms with Crippen molar-refractivity contribution in [3.63, 3.8) is 0 Å². The van der Waals surface area contributed by atoms with Crippen molar-refractivity contribution in [2.24, 2.45) is 5.92 Å². The number of benzene rings is 1. The summed E-state index contributed by atoms with van der Waals surface area (Å²) in [6, 6.07) is 9.57. The largest absolute Gasteiger partial charge is 0.363 e. The molecule has 0 saturated heterocycles. The summed E-state index contributed by atoms with van der Waals surface area (Å²) in [4.78, 5) is 11.9. The third kappa shape index (κ3) is 1.89. The fourth-order valence-electron chi connectivity index (χ4n) is 1.53. The third-order valence-corrected chi connectivity index (χ3v) is 2.41. The van der Waals surface area contributed by atoms with E-state index in [0.29, 0.717) is 11.3 Å². The van der Waals surface area contributed by atoms with E-state index >= 15 is 0 Å².